The highest BCUT2D eigenvalue weighted by atomic mass is 35.5. The quantitative estimate of drug-likeness (QED) is 0.754. The second kappa shape index (κ2) is 5.76. The topological polar surface area (TPSA) is 9.23 Å². The third-order valence-electron chi connectivity index (χ3n) is 3.33. The first-order valence-corrected chi connectivity index (χ1v) is 7.52. The van der Waals surface area contributed by atoms with Crippen LogP contribution >= 0.6 is 23.4 Å². The van der Waals surface area contributed by atoms with Crippen LogP contribution < -0.4 is 0 Å². The van der Waals surface area contributed by atoms with Gasteiger partial charge in [0.2, 0.25) is 0 Å². The van der Waals surface area contributed by atoms with E-state index in [4.69, 9.17) is 16.3 Å². The van der Waals surface area contributed by atoms with Gasteiger partial charge < -0.3 is 4.74 Å². The van der Waals surface area contributed by atoms with Crippen LogP contribution in [0.2, 0.25) is 5.02 Å². The minimum absolute atomic E-state index is 0.100. The lowest BCUT2D eigenvalue weighted by Gasteiger charge is -2.19. The average Bonchev–Trinajstić information content (AvgIpc) is 2.82. The molecule has 1 aromatic carbocycles. The highest BCUT2D eigenvalue weighted by molar-refractivity contribution is 7.99. The minimum Gasteiger partial charge on any atom is -0.369 e. The van der Waals surface area contributed by atoms with Crippen molar-refractivity contribution in [1.29, 1.82) is 0 Å². The van der Waals surface area contributed by atoms with Crippen LogP contribution in [0, 0.1) is 11.6 Å². The monoisotopic (exact) mass is 292 g/mol. The molecule has 18 heavy (non-hydrogen) atoms. The van der Waals surface area contributed by atoms with E-state index in [1.165, 1.54) is 0 Å². The number of ether oxygens (including phenoxy) is 1. The Balaban J connectivity index is 2.17. The molecule has 0 aliphatic carbocycles. The van der Waals surface area contributed by atoms with Crippen LogP contribution in [-0.4, -0.2) is 17.6 Å². The van der Waals surface area contributed by atoms with Crippen molar-refractivity contribution < 1.29 is 13.5 Å². The van der Waals surface area contributed by atoms with E-state index >= 15 is 0 Å². The number of thioether (sulfide) groups is 1. The van der Waals surface area contributed by atoms with Gasteiger partial charge in [0.15, 0.2) is 0 Å². The first-order chi connectivity index (χ1) is 8.52. The second-order valence-electron chi connectivity index (χ2n) is 4.47. The summed E-state index contributed by atoms with van der Waals surface area (Å²) in [7, 11) is 0. The average molecular weight is 293 g/mol. The molecule has 1 heterocycles. The maximum absolute atomic E-state index is 13.8. The summed E-state index contributed by atoms with van der Waals surface area (Å²) in [4.78, 5) is 0. The zero-order valence-corrected chi connectivity index (χ0v) is 11.8. The molecule has 0 saturated carbocycles. The second-order valence-corrected chi connectivity index (χ2v) is 6.09. The Kier molecular flexibility index (Phi) is 4.51. The van der Waals surface area contributed by atoms with E-state index in [2.05, 4.69) is 6.92 Å². The fraction of sp³-hybridized carbons (Fsp3) is 0.538. The highest BCUT2D eigenvalue weighted by Gasteiger charge is 2.31. The highest BCUT2D eigenvalue weighted by Crippen LogP contribution is 2.38. The first-order valence-electron chi connectivity index (χ1n) is 5.85. The summed E-state index contributed by atoms with van der Waals surface area (Å²) >= 11 is 7.25. The van der Waals surface area contributed by atoms with Crippen LogP contribution in [0.5, 0.6) is 0 Å². The Labute approximate surface area is 115 Å². The molecule has 1 saturated heterocycles. The van der Waals surface area contributed by atoms with Gasteiger partial charge in [-0.05, 0) is 31.2 Å². The number of rotatable bonds is 3. The molecule has 1 aliphatic rings. The maximum Gasteiger partial charge on any atom is 0.142 e. The normalized spacial score (nSPS) is 25.4. The molecule has 3 atom stereocenters. The van der Waals surface area contributed by atoms with Crippen LogP contribution in [-0.2, 0) is 4.74 Å². The molecule has 0 radical (unpaired) electrons. The van der Waals surface area contributed by atoms with Gasteiger partial charge in [-0.3, -0.25) is 0 Å². The molecular weight excluding hydrogens is 278 g/mol. The van der Waals surface area contributed by atoms with Gasteiger partial charge in [-0.2, -0.15) is 11.8 Å². The minimum atomic E-state index is -0.599. The summed E-state index contributed by atoms with van der Waals surface area (Å²) in [6.07, 6.45) is 3.34. The van der Waals surface area contributed by atoms with E-state index in [0.29, 0.717) is 11.7 Å². The number of hydrogen-bond donors (Lipinski definition) is 0. The van der Waals surface area contributed by atoms with Crippen LogP contribution in [0.4, 0.5) is 8.78 Å². The largest absolute Gasteiger partial charge is 0.369 e. The summed E-state index contributed by atoms with van der Waals surface area (Å²) in [5, 5.41) is 0.165. The summed E-state index contributed by atoms with van der Waals surface area (Å²) in [6, 6.07) is 2.16. The molecule has 0 aromatic heterocycles. The predicted molar refractivity (Wildman–Crippen MR) is 71.2 cm³/mol. The zero-order chi connectivity index (χ0) is 13.3. The molecule has 0 unspecified atom stereocenters. The van der Waals surface area contributed by atoms with E-state index in [1.54, 1.807) is 11.8 Å². The van der Waals surface area contributed by atoms with Crippen LogP contribution in [0.25, 0.3) is 0 Å². The van der Waals surface area contributed by atoms with Gasteiger partial charge in [-0.25, -0.2) is 8.78 Å². The van der Waals surface area contributed by atoms with Gasteiger partial charge in [0.1, 0.15) is 11.6 Å². The SMILES string of the molecule is CS[C@@H](C)[C@@H]1CC[C@H](c2cc(F)c(Cl)cc2F)O1. The van der Waals surface area contributed by atoms with Crippen LogP contribution in [0.1, 0.15) is 31.4 Å². The van der Waals surface area contributed by atoms with E-state index in [9.17, 15) is 8.78 Å². The number of hydrogen-bond acceptors (Lipinski definition) is 2. The molecule has 2 rings (SSSR count). The van der Waals surface area contributed by atoms with Crippen LogP contribution in [0.3, 0.4) is 0 Å². The van der Waals surface area contributed by atoms with E-state index in [1.807, 2.05) is 6.26 Å². The van der Waals surface area contributed by atoms with Crippen molar-refractivity contribution in [2.24, 2.45) is 0 Å². The van der Waals surface area contributed by atoms with Gasteiger partial charge in [0.05, 0.1) is 17.2 Å². The molecule has 1 fully saturated rings. The lowest BCUT2D eigenvalue weighted by Crippen LogP contribution is -2.19. The molecule has 0 spiro atoms. The molecule has 0 amide bonds. The smallest absolute Gasteiger partial charge is 0.142 e. The number of halogens is 3. The first kappa shape index (κ1) is 14.1. The lowest BCUT2D eigenvalue weighted by molar-refractivity contribution is 0.0439. The van der Waals surface area contributed by atoms with Crippen molar-refractivity contribution in [3.63, 3.8) is 0 Å². The lowest BCUT2D eigenvalue weighted by atomic mass is 10.0. The third kappa shape index (κ3) is 2.81. The van der Waals surface area contributed by atoms with E-state index in [-0.39, 0.29) is 22.8 Å². The number of benzene rings is 1. The Morgan fingerprint density at radius 3 is 2.72 bits per heavy atom. The van der Waals surface area contributed by atoms with Gasteiger partial charge in [-0.15, -0.1) is 0 Å². The molecule has 0 N–H and O–H groups in total. The van der Waals surface area contributed by atoms with Gasteiger partial charge >= 0.3 is 0 Å². The Hall–Kier alpha value is -0.320. The van der Waals surface area contributed by atoms with Crippen molar-refractivity contribution in [1.82, 2.24) is 0 Å². The fourth-order valence-corrected chi connectivity index (χ4v) is 2.83. The van der Waals surface area contributed by atoms with Crippen molar-refractivity contribution in [3.05, 3.63) is 34.4 Å². The maximum atomic E-state index is 13.8. The zero-order valence-electron chi connectivity index (χ0n) is 10.3. The van der Waals surface area contributed by atoms with Crippen molar-refractivity contribution in [2.75, 3.05) is 6.26 Å². The van der Waals surface area contributed by atoms with Gasteiger partial charge in [-0.1, -0.05) is 18.5 Å². The molecule has 0 bridgehead atoms. The summed E-state index contributed by atoms with van der Waals surface area (Å²) in [5.74, 6) is -1.10. The van der Waals surface area contributed by atoms with E-state index < -0.39 is 11.6 Å². The van der Waals surface area contributed by atoms with E-state index in [0.717, 1.165) is 18.6 Å². The van der Waals surface area contributed by atoms with Crippen LogP contribution in [0.15, 0.2) is 12.1 Å². The van der Waals surface area contributed by atoms with Crippen molar-refractivity contribution in [3.8, 4) is 0 Å². The molecule has 1 nitrogen and oxygen atoms in total. The molecule has 5 heteroatoms. The Morgan fingerprint density at radius 2 is 2.06 bits per heavy atom. The fourth-order valence-electron chi connectivity index (χ4n) is 2.17. The summed E-state index contributed by atoms with van der Waals surface area (Å²) < 4.78 is 32.9. The summed E-state index contributed by atoms with van der Waals surface area (Å²) in [6.45, 7) is 2.08. The van der Waals surface area contributed by atoms with Crippen molar-refractivity contribution >= 4 is 23.4 Å². The summed E-state index contributed by atoms with van der Waals surface area (Å²) in [5.41, 5.74) is 0.271. The van der Waals surface area contributed by atoms with Gasteiger partial charge in [0, 0.05) is 10.8 Å². The Bertz CT molecular complexity index is 441. The third-order valence-corrected chi connectivity index (χ3v) is 4.67. The molecular formula is C13H15ClF2OS. The molecule has 1 aliphatic heterocycles. The standard InChI is InChI=1S/C13H15ClF2OS/c1-7(18-2)12-3-4-13(17-12)8-5-11(16)9(14)6-10(8)15/h5-7,12-13H,3-4H2,1-2H3/t7-,12-,13+/m0/s1. The molecule has 1 aromatic rings. The predicted octanol–water partition coefficient (Wildman–Crippen LogP) is 4.59. The molecule has 100 valence electrons. The van der Waals surface area contributed by atoms with Crippen molar-refractivity contribution in [2.45, 2.75) is 37.2 Å². The van der Waals surface area contributed by atoms with Gasteiger partial charge in [0.25, 0.3) is 0 Å². The Morgan fingerprint density at radius 1 is 1.33 bits per heavy atom.